The molecule has 1 aliphatic heterocycles. The Morgan fingerprint density at radius 2 is 2.11 bits per heavy atom. The molecule has 1 aromatic heterocycles. The summed E-state index contributed by atoms with van der Waals surface area (Å²) in [4.78, 5) is 15.5. The van der Waals surface area contributed by atoms with Crippen LogP contribution in [0, 0.1) is 0 Å². The molecule has 6 heteroatoms. The molecule has 2 heterocycles. The van der Waals surface area contributed by atoms with Gasteiger partial charge in [-0.15, -0.1) is 0 Å². The van der Waals surface area contributed by atoms with E-state index in [1.165, 1.54) is 11.8 Å². The van der Waals surface area contributed by atoms with Crippen molar-refractivity contribution >= 4 is 17.7 Å². The second-order valence-corrected chi connectivity index (χ2v) is 5.18. The predicted molar refractivity (Wildman–Crippen MR) is 68.9 cm³/mol. The van der Waals surface area contributed by atoms with Crippen LogP contribution in [0.15, 0.2) is 36.4 Å². The fourth-order valence-corrected chi connectivity index (χ4v) is 3.27. The Kier molecular flexibility index (Phi) is 3.06. The second-order valence-electron chi connectivity index (χ2n) is 4.15. The molecule has 0 amide bonds. The van der Waals surface area contributed by atoms with Gasteiger partial charge in [-0.1, -0.05) is 42.1 Å². The van der Waals surface area contributed by atoms with Gasteiger partial charge in [0.25, 0.3) is 0 Å². The topological polar surface area (TPSA) is 71.4 Å². The van der Waals surface area contributed by atoms with Crippen molar-refractivity contribution in [3.63, 3.8) is 0 Å². The van der Waals surface area contributed by atoms with Crippen LogP contribution in [0.5, 0.6) is 0 Å². The molecular formula is C13H10NO4S. The highest BCUT2D eigenvalue weighted by Crippen LogP contribution is 2.43. The predicted octanol–water partition coefficient (Wildman–Crippen LogP) is 2.92. The standard InChI is InChI=1S/C13H10NO4S/c15-12(16)10-6-9-7-19-13(18-17)14(9)11(10)8-4-2-1-3-5-8/h1-6,13H,7H2,(H,15,16). The molecule has 1 N–H and O–H groups in total. The van der Waals surface area contributed by atoms with Crippen LogP contribution in [0.2, 0.25) is 0 Å². The van der Waals surface area contributed by atoms with Crippen molar-refractivity contribution in [3.8, 4) is 11.3 Å². The zero-order chi connectivity index (χ0) is 13.4. The molecule has 0 fully saturated rings. The van der Waals surface area contributed by atoms with E-state index in [-0.39, 0.29) is 5.56 Å². The third-order valence-corrected chi connectivity index (χ3v) is 4.10. The van der Waals surface area contributed by atoms with Crippen LogP contribution in [0.1, 0.15) is 21.6 Å². The Labute approximate surface area is 113 Å². The molecule has 0 saturated carbocycles. The molecule has 1 atom stereocenters. The minimum atomic E-state index is -1.00. The second kappa shape index (κ2) is 4.73. The average Bonchev–Trinajstić information content (AvgIpc) is 2.97. The number of aromatic carboxylic acids is 1. The average molecular weight is 276 g/mol. The van der Waals surface area contributed by atoms with E-state index in [0.717, 1.165) is 11.3 Å². The minimum absolute atomic E-state index is 0.198. The van der Waals surface area contributed by atoms with Gasteiger partial charge in [0.05, 0.1) is 11.3 Å². The molecule has 0 saturated heterocycles. The molecule has 1 aromatic carbocycles. The van der Waals surface area contributed by atoms with Gasteiger partial charge in [-0.2, -0.15) is 4.89 Å². The minimum Gasteiger partial charge on any atom is -0.478 e. The van der Waals surface area contributed by atoms with Gasteiger partial charge in [0.2, 0.25) is 5.56 Å². The molecular weight excluding hydrogens is 266 g/mol. The SMILES string of the molecule is [O]OC1SCc2cc(C(=O)O)c(-c3ccccc3)n21. The highest BCUT2D eigenvalue weighted by molar-refractivity contribution is 7.98. The van der Waals surface area contributed by atoms with Crippen LogP contribution in [0.25, 0.3) is 11.3 Å². The first-order chi connectivity index (χ1) is 9.22. The molecule has 5 nitrogen and oxygen atoms in total. The van der Waals surface area contributed by atoms with Gasteiger partial charge in [0.1, 0.15) is 0 Å². The summed E-state index contributed by atoms with van der Waals surface area (Å²) in [6.45, 7) is 0. The third-order valence-electron chi connectivity index (χ3n) is 3.06. The van der Waals surface area contributed by atoms with Crippen LogP contribution in [-0.2, 0) is 15.9 Å². The first-order valence-electron chi connectivity index (χ1n) is 5.65. The summed E-state index contributed by atoms with van der Waals surface area (Å²) < 4.78 is 1.66. The molecule has 1 aliphatic rings. The van der Waals surface area contributed by atoms with Crippen LogP contribution >= 0.6 is 11.8 Å². The highest BCUT2D eigenvalue weighted by Gasteiger charge is 2.31. The van der Waals surface area contributed by atoms with Gasteiger partial charge in [-0.25, -0.2) is 4.79 Å². The quantitative estimate of drug-likeness (QED) is 0.691. The summed E-state index contributed by atoms with van der Waals surface area (Å²) in [7, 11) is 0. The maximum absolute atomic E-state index is 11.4. The number of hydrogen-bond donors (Lipinski definition) is 1. The van der Waals surface area contributed by atoms with Gasteiger partial charge in [0, 0.05) is 11.4 Å². The highest BCUT2D eigenvalue weighted by atomic mass is 32.2. The van der Waals surface area contributed by atoms with Gasteiger partial charge in [-0.3, -0.25) is 0 Å². The summed E-state index contributed by atoms with van der Waals surface area (Å²) in [6.07, 6.45) is 0. The maximum Gasteiger partial charge on any atom is 0.337 e. The first-order valence-corrected chi connectivity index (χ1v) is 6.70. The van der Waals surface area contributed by atoms with E-state index in [2.05, 4.69) is 4.89 Å². The Bertz CT molecular complexity index is 623. The Balaban J connectivity index is 2.24. The number of aromatic nitrogens is 1. The van der Waals surface area contributed by atoms with Crippen molar-refractivity contribution < 1.29 is 20.0 Å². The number of carbonyl (C=O) groups is 1. The maximum atomic E-state index is 11.4. The summed E-state index contributed by atoms with van der Waals surface area (Å²) in [5, 5.41) is 20.1. The first kappa shape index (κ1) is 12.3. The van der Waals surface area contributed by atoms with Crippen molar-refractivity contribution in [3.05, 3.63) is 47.7 Å². The summed E-state index contributed by atoms with van der Waals surface area (Å²) >= 11 is 1.34. The Morgan fingerprint density at radius 3 is 2.74 bits per heavy atom. The normalized spacial score (nSPS) is 17.4. The van der Waals surface area contributed by atoms with Crippen LogP contribution < -0.4 is 0 Å². The van der Waals surface area contributed by atoms with E-state index >= 15 is 0 Å². The number of benzene rings is 1. The van der Waals surface area contributed by atoms with E-state index in [1.807, 2.05) is 30.3 Å². The van der Waals surface area contributed by atoms with Crippen molar-refractivity contribution in [1.82, 2.24) is 4.57 Å². The van der Waals surface area contributed by atoms with Crippen LogP contribution in [-0.4, -0.2) is 15.6 Å². The zero-order valence-electron chi connectivity index (χ0n) is 9.78. The Hall–Kier alpha value is -1.76. The number of rotatable bonds is 3. The fraction of sp³-hybridized carbons (Fsp3) is 0.154. The number of nitrogens with zero attached hydrogens (tertiary/aromatic N) is 1. The third kappa shape index (κ3) is 1.94. The molecule has 0 aliphatic carbocycles. The van der Waals surface area contributed by atoms with Crippen molar-refractivity contribution in [2.75, 3.05) is 0 Å². The lowest BCUT2D eigenvalue weighted by Crippen LogP contribution is -2.07. The van der Waals surface area contributed by atoms with Gasteiger partial charge in [0.15, 0.2) is 0 Å². The van der Waals surface area contributed by atoms with Crippen molar-refractivity contribution in [2.45, 2.75) is 11.3 Å². The Morgan fingerprint density at radius 1 is 1.37 bits per heavy atom. The largest absolute Gasteiger partial charge is 0.478 e. The van der Waals surface area contributed by atoms with Gasteiger partial charge < -0.3 is 9.67 Å². The molecule has 97 valence electrons. The van der Waals surface area contributed by atoms with Crippen LogP contribution in [0.4, 0.5) is 0 Å². The van der Waals surface area contributed by atoms with E-state index in [4.69, 9.17) is 0 Å². The van der Waals surface area contributed by atoms with E-state index in [0.29, 0.717) is 11.4 Å². The molecule has 3 rings (SSSR count). The lowest BCUT2D eigenvalue weighted by Gasteiger charge is -2.13. The number of carboxylic acid groups (broad SMARTS) is 1. The smallest absolute Gasteiger partial charge is 0.337 e. The van der Waals surface area contributed by atoms with Gasteiger partial charge in [-0.05, 0) is 16.9 Å². The lowest BCUT2D eigenvalue weighted by molar-refractivity contribution is -0.329. The van der Waals surface area contributed by atoms with Crippen molar-refractivity contribution in [2.24, 2.45) is 0 Å². The van der Waals surface area contributed by atoms with Crippen LogP contribution in [0.3, 0.4) is 0 Å². The molecule has 2 aromatic rings. The number of thioether (sulfide) groups is 1. The summed E-state index contributed by atoms with van der Waals surface area (Å²) in [5.41, 5.74) is 1.56. The zero-order valence-corrected chi connectivity index (χ0v) is 10.6. The van der Waals surface area contributed by atoms with Gasteiger partial charge >= 0.3 is 5.97 Å². The summed E-state index contributed by atoms with van der Waals surface area (Å²) in [6, 6.07) is 10.8. The molecule has 1 unspecified atom stereocenters. The summed E-state index contributed by atoms with van der Waals surface area (Å²) in [5.74, 6) is -0.435. The number of carboxylic acids is 1. The van der Waals surface area contributed by atoms with E-state index in [1.54, 1.807) is 10.6 Å². The monoisotopic (exact) mass is 276 g/mol. The van der Waals surface area contributed by atoms with E-state index in [9.17, 15) is 15.2 Å². The molecule has 19 heavy (non-hydrogen) atoms. The molecule has 0 spiro atoms. The number of fused-ring (bicyclic) bond motifs is 1. The molecule has 0 bridgehead atoms. The molecule has 1 radical (unpaired) electrons. The number of hydrogen-bond acceptors (Lipinski definition) is 3. The van der Waals surface area contributed by atoms with Crippen molar-refractivity contribution in [1.29, 1.82) is 0 Å². The van der Waals surface area contributed by atoms with E-state index < -0.39 is 11.5 Å². The fourth-order valence-electron chi connectivity index (χ4n) is 2.29. The lowest BCUT2D eigenvalue weighted by atomic mass is 10.1.